The van der Waals surface area contributed by atoms with Gasteiger partial charge in [-0.2, -0.15) is 0 Å². The van der Waals surface area contributed by atoms with Crippen LogP contribution in [-0.4, -0.2) is 54.5 Å². The molecular weight excluding hydrogens is 296 g/mol. The monoisotopic (exact) mass is 324 g/mol. The molecule has 1 atom stereocenters. The Kier molecular flexibility index (Phi) is 5.49. The van der Waals surface area contributed by atoms with Crippen molar-refractivity contribution in [1.29, 1.82) is 0 Å². The van der Waals surface area contributed by atoms with Crippen molar-refractivity contribution in [1.82, 2.24) is 20.9 Å². The first-order valence-corrected chi connectivity index (χ1v) is 8.37. The summed E-state index contributed by atoms with van der Waals surface area (Å²) in [6.07, 6.45) is 2.48. The van der Waals surface area contributed by atoms with Gasteiger partial charge in [-0.25, -0.2) is 4.79 Å². The van der Waals surface area contributed by atoms with E-state index in [1.54, 1.807) is 4.90 Å². The Bertz CT molecular complexity index is 464. The van der Waals surface area contributed by atoms with Gasteiger partial charge < -0.3 is 20.9 Å². The van der Waals surface area contributed by atoms with Crippen molar-refractivity contribution >= 4 is 17.8 Å². The molecule has 2 aliphatic rings. The lowest BCUT2D eigenvalue weighted by Gasteiger charge is -2.33. The van der Waals surface area contributed by atoms with Crippen LogP contribution in [0.15, 0.2) is 0 Å². The van der Waals surface area contributed by atoms with Crippen LogP contribution < -0.4 is 16.0 Å². The number of urea groups is 1. The Morgan fingerprint density at radius 1 is 1.22 bits per heavy atom. The number of nitrogens with one attached hydrogen (secondary N) is 3. The highest BCUT2D eigenvalue weighted by Gasteiger charge is 2.30. The standard InChI is InChI=1S/C16H28N4O3/c1-16(2,3)10-17-15(23)20-8-6-11(7-9-20)18-14(22)12-4-5-13(21)19-12/h11-12H,4-10H2,1-3H3,(H,17,23)(H,18,22)(H,19,21). The van der Waals surface area contributed by atoms with Crippen LogP contribution in [0.4, 0.5) is 4.79 Å². The minimum Gasteiger partial charge on any atom is -0.351 e. The van der Waals surface area contributed by atoms with Gasteiger partial charge in [-0.1, -0.05) is 20.8 Å². The third-order valence-corrected chi connectivity index (χ3v) is 4.21. The SMILES string of the molecule is CC(C)(C)CNC(=O)N1CCC(NC(=O)C2CCC(=O)N2)CC1. The zero-order valence-corrected chi connectivity index (χ0v) is 14.3. The zero-order valence-electron chi connectivity index (χ0n) is 14.3. The molecule has 0 aromatic heterocycles. The average molecular weight is 324 g/mol. The molecule has 130 valence electrons. The van der Waals surface area contributed by atoms with Crippen LogP contribution in [-0.2, 0) is 9.59 Å². The van der Waals surface area contributed by atoms with E-state index in [9.17, 15) is 14.4 Å². The maximum absolute atomic E-state index is 12.1. The first-order chi connectivity index (χ1) is 10.7. The van der Waals surface area contributed by atoms with Crippen LogP contribution in [0.25, 0.3) is 0 Å². The summed E-state index contributed by atoms with van der Waals surface area (Å²) in [6, 6.07) is -0.352. The Balaban J connectivity index is 1.70. The van der Waals surface area contributed by atoms with Crippen molar-refractivity contribution in [2.24, 2.45) is 5.41 Å². The van der Waals surface area contributed by atoms with Gasteiger partial charge in [-0.3, -0.25) is 9.59 Å². The minimum absolute atomic E-state index is 0.0345. The Morgan fingerprint density at radius 3 is 2.39 bits per heavy atom. The number of rotatable bonds is 3. The van der Waals surface area contributed by atoms with Crippen LogP contribution in [0, 0.1) is 5.41 Å². The van der Waals surface area contributed by atoms with Gasteiger partial charge in [0.25, 0.3) is 0 Å². The summed E-state index contributed by atoms with van der Waals surface area (Å²) in [6.45, 7) is 8.16. The third kappa shape index (κ3) is 5.41. The molecule has 2 aliphatic heterocycles. The number of hydrogen-bond acceptors (Lipinski definition) is 3. The molecule has 0 aromatic rings. The normalized spacial score (nSPS) is 22.7. The van der Waals surface area contributed by atoms with Gasteiger partial charge in [0.15, 0.2) is 0 Å². The van der Waals surface area contributed by atoms with Crippen LogP contribution in [0.3, 0.4) is 0 Å². The van der Waals surface area contributed by atoms with Crippen molar-refractivity contribution in [3.63, 3.8) is 0 Å². The molecule has 7 heteroatoms. The van der Waals surface area contributed by atoms with E-state index in [1.165, 1.54) is 0 Å². The first-order valence-electron chi connectivity index (χ1n) is 8.37. The highest BCUT2D eigenvalue weighted by molar-refractivity contribution is 5.90. The summed E-state index contributed by atoms with van der Waals surface area (Å²) in [5.41, 5.74) is 0.0632. The molecule has 2 heterocycles. The van der Waals surface area contributed by atoms with Gasteiger partial charge in [0.2, 0.25) is 11.8 Å². The minimum atomic E-state index is -0.393. The summed E-state index contributed by atoms with van der Waals surface area (Å²) >= 11 is 0. The molecule has 1 unspecified atom stereocenters. The molecule has 0 aromatic carbocycles. The Hall–Kier alpha value is -1.79. The quantitative estimate of drug-likeness (QED) is 0.710. The first kappa shape index (κ1) is 17.6. The smallest absolute Gasteiger partial charge is 0.317 e. The summed E-state index contributed by atoms with van der Waals surface area (Å²) in [4.78, 5) is 37.1. The molecule has 0 spiro atoms. The molecule has 0 bridgehead atoms. The van der Waals surface area contributed by atoms with Crippen molar-refractivity contribution in [3.05, 3.63) is 0 Å². The summed E-state index contributed by atoms with van der Waals surface area (Å²) in [5, 5.41) is 8.61. The van der Waals surface area contributed by atoms with Crippen molar-refractivity contribution in [3.8, 4) is 0 Å². The second-order valence-corrected chi connectivity index (χ2v) is 7.65. The van der Waals surface area contributed by atoms with Crippen molar-refractivity contribution < 1.29 is 14.4 Å². The van der Waals surface area contributed by atoms with E-state index < -0.39 is 6.04 Å². The summed E-state index contributed by atoms with van der Waals surface area (Å²) < 4.78 is 0. The lowest BCUT2D eigenvalue weighted by atomic mass is 9.97. The molecule has 3 N–H and O–H groups in total. The van der Waals surface area contributed by atoms with E-state index in [0.717, 1.165) is 12.8 Å². The molecule has 0 radical (unpaired) electrons. The molecular formula is C16H28N4O3. The van der Waals surface area contributed by atoms with Crippen LogP contribution in [0.5, 0.6) is 0 Å². The second kappa shape index (κ2) is 7.19. The molecule has 0 saturated carbocycles. The number of nitrogens with zero attached hydrogens (tertiary/aromatic N) is 1. The molecule has 23 heavy (non-hydrogen) atoms. The van der Waals surface area contributed by atoms with E-state index in [2.05, 4.69) is 36.7 Å². The maximum Gasteiger partial charge on any atom is 0.317 e. The van der Waals surface area contributed by atoms with E-state index in [1.807, 2.05) is 0 Å². The lowest BCUT2D eigenvalue weighted by molar-refractivity contribution is -0.126. The Morgan fingerprint density at radius 2 is 1.87 bits per heavy atom. The maximum atomic E-state index is 12.1. The third-order valence-electron chi connectivity index (χ3n) is 4.21. The van der Waals surface area contributed by atoms with Gasteiger partial charge in [-0.05, 0) is 24.7 Å². The van der Waals surface area contributed by atoms with Crippen LogP contribution in [0.1, 0.15) is 46.5 Å². The second-order valence-electron chi connectivity index (χ2n) is 7.65. The summed E-state index contributed by atoms with van der Waals surface area (Å²) in [7, 11) is 0. The predicted octanol–water partition coefficient (Wildman–Crippen LogP) is 0.601. The van der Waals surface area contributed by atoms with Crippen molar-refractivity contribution in [2.75, 3.05) is 19.6 Å². The number of carbonyl (C=O) groups excluding carboxylic acids is 3. The fraction of sp³-hybridized carbons (Fsp3) is 0.812. The molecule has 0 aliphatic carbocycles. The molecule has 7 nitrogen and oxygen atoms in total. The number of amides is 4. The van der Waals surface area contributed by atoms with E-state index in [-0.39, 0.29) is 29.3 Å². The molecule has 2 saturated heterocycles. The fourth-order valence-electron chi connectivity index (χ4n) is 2.79. The van der Waals surface area contributed by atoms with Crippen LogP contribution in [0.2, 0.25) is 0 Å². The number of likely N-dealkylation sites (tertiary alicyclic amines) is 1. The van der Waals surface area contributed by atoms with Gasteiger partial charge in [-0.15, -0.1) is 0 Å². The number of carbonyl (C=O) groups is 3. The Labute approximate surface area is 137 Å². The van der Waals surface area contributed by atoms with Gasteiger partial charge in [0, 0.05) is 32.1 Å². The predicted molar refractivity (Wildman–Crippen MR) is 86.8 cm³/mol. The van der Waals surface area contributed by atoms with E-state index in [4.69, 9.17) is 0 Å². The van der Waals surface area contributed by atoms with E-state index in [0.29, 0.717) is 32.5 Å². The van der Waals surface area contributed by atoms with Crippen molar-refractivity contribution in [2.45, 2.75) is 58.5 Å². The molecule has 4 amide bonds. The van der Waals surface area contributed by atoms with E-state index >= 15 is 0 Å². The van der Waals surface area contributed by atoms with Gasteiger partial charge >= 0.3 is 6.03 Å². The lowest BCUT2D eigenvalue weighted by Crippen LogP contribution is -2.52. The topological polar surface area (TPSA) is 90.5 Å². The highest BCUT2D eigenvalue weighted by atomic mass is 16.2. The largest absolute Gasteiger partial charge is 0.351 e. The average Bonchev–Trinajstić information content (AvgIpc) is 2.91. The van der Waals surface area contributed by atoms with Gasteiger partial charge in [0.1, 0.15) is 6.04 Å². The zero-order chi connectivity index (χ0) is 17.0. The number of hydrogen-bond donors (Lipinski definition) is 3. The highest BCUT2D eigenvalue weighted by Crippen LogP contribution is 2.14. The molecule has 2 fully saturated rings. The molecule has 2 rings (SSSR count). The fourth-order valence-corrected chi connectivity index (χ4v) is 2.79. The van der Waals surface area contributed by atoms with Gasteiger partial charge in [0.05, 0.1) is 0 Å². The number of piperidine rings is 1. The summed E-state index contributed by atoms with van der Waals surface area (Å²) in [5.74, 6) is -0.165. The van der Waals surface area contributed by atoms with Crippen LogP contribution >= 0.6 is 0 Å².